The van der Waals surface area contributed by atoms with Crippen LogP contribution < -0.4 is 0 Å². The highest BCUT2D eigenvalue weighted by Gasteiger charge is 2.16. The number of carbonyl (C=O) groups excluding carboxylic acids is 1. The summed E-state index contributed by atoms with van der Waals surface area (Å²) in [4.78, 5) is 12.3. The van der Waals surface area contributed by atoms with Crippen LogP contribution in [0.25, 0.3) is 28.6 Å². The van der Waals surface area contributed by atoms with E-state index in [-0.39, 0.29) is 6.54 Å². The number of rotatable bonds is 6. The fourth-order valence-corrected chi connectivity index (χ4v) is 3.17. The van der Waals surface area contributed by atoms with Gasteiger partial charge in [-0.25, -0.2) is 9.48 Å². The van der Waals surface area contributed by atoms with Crippen LogP contribution >= 0.6 is 0 Å². The van der Waals surface area contributed by atoms with Crippen LogP contribution in [0.3, 0.4) is 0 Å². The molecular weight excluding hydrogens is 376 g/mol. The molecule has 4 rings (SSSR count). The van der Waals surface area contributed by atoms with Crippen LogP contribution in [0, 0.1) is 0 Å². The Balaban J connectivity index is 1.62. The van der Waals surface area contributed by atoms with Gasteiger partial charge in [-0.05, 0) is 33.2 Å². The van der Waals surface area contributed by atoms with E-state index >= 15 is 0 Å². The van der Waals surface area contributed by atoms with Gasteiger partial charge in [-0.15, -0.1) is 5.10 Å². The van der Waals surface area contributed by atoms with E-state index in [0.717, 1.165) is 22.3 Å². The number of nitrogens with zero attached hydrogens (tertiary/aromatic N) is 4. The third kappa shape index (κ3) is 4.33. The largest absolute Gasteiger partial charge is 0.466 e. The molecule has 0 radical (unpaired) electrons. The van der Waals surface area contributed by atoms with Crippen molar-refractivity contribution in [2.75, 3.05) is 7.11 Å². The predicted octanol–water partition coefficient (Wildman–Crippen LogP) is 4.26. The smallest absolute Gasteiger partial charge is 0.335 e. The topological polar surface area (TPSA) is 69.9 Å². The Labute approximate surface area is 174 Å². The van der Waals surface area contributed by atoms with Crippen molar-refractivity contribution in [2.45, 2.75) is 6.54 Å². The molecule has 0 atom stereocenters. The van der Waals surface area contributed by atoms with Gasteiger partial charge in [0, 0.05) is 5.56 Å². The molecule has 0 saturated heterocycles. The molecule has 0 amide bonds. The molecule has 0 aliphatic heterocycles. The molecule has 0 spiro atoms. The van der Waals surface area contributed by atoms with Crippen LogP contribution in [0.5, 0.6) is 0 Å². The predicted molar refractivity (Wildman–Crippen MR) is 115 cm³/mol. The molecule has 3 aromatic carbocycles. The van der Waals surface area contributed by atoms with E-state index < -0.39 is 5.97 Å². The van der Waals surface area contributed by atoms with Crippen LogP contribution in [-0.2, 0) is 16.1 Å². The number of esters is 1. The molecular formula is C24H20N4O2. The summed E-state index contributed by atoms with van der Waals surface area (Å²) in [6, 6.07) is 27.8. The van der Waals surface area contributed by atoms with Crippen molar-refractivity contribution in [3.8, 4) is 22.5 Å². The first-order valence-corrected chi connectivity index (χ1v) is 9.50. The third-order valence-electron chi connectivity index (χ3n) is 4.69. The van der Waals surface area contributed by atoms with E-state index in [2.05, 4.69) is 27.7 Å². The number of hydrogen-bond acceptors (Lipinski definition) is 5. The summed E-state index contributed by atoms with van der Waals surface area (Å²) in [5, 5.41) is 12.0. The minimum atomic E-state index is -0.417. The first-order chi connectivity index (χ1) is 14.7. The monoisotopic (exact) mass is 396 g/mol. The molecule has 30 heavy (non-hydrogen) atoms. The van der Waals surface area contributed by atoms with Crippen molar-refractivity contribution >= 4 is 12.0 Å². The Morgan fingerprint density at radius 2 is 1.47 bits per heavy atom. The quantitative estimate of drug-likeness (QED) is 0.360. The van der Waals surface area contributed by atoms with E-state index in [4.69, 9.17) is 4.74 Å². The molecule has 6 heteroatoms. The van der Waals surface area contributed by atoms with Gasteiger partial charge in [0.25, 0.3) is 0 Å². The highest BCUT2D eigenvalue weighted by atomic mass is 16.5. The second-order valence-corrected chi connectivity index (χ2v) is 6.68. The van der Waals surface area contributed by atoms with Gasteiger partial charge in [0.2, 0.25) is 0 Å². The molecule has 0 unspecified atom stereocenters. The molecule has 1 aromatic heterocycles. The molecule has 0 bridgehead atoms. The summed E-state index contributed by atoms with van der Waals surface area (Å²) in [6.07, 6.45) is 1.79. The fourth-order valence-electron chi connectivity index (χ4n) is 3.17. The maximum Gasteiger partial charge on any atom is 0.335 e. The zero-order chi connectivity index (χ0) is 20.8. The molecule has 0 aliphatic carbocycles. The number of tetrazole rings is 1. The Bertz CT molecular complexity index is 1150. The van der Waals surface area contributed by atoms with Crippen molar-refractivity contribution < 1.29 is 9.53 Å². The molecule has 6 nitrogen and oxygen atoms in total. The van der Waals surface area contributed by atoms with Crippen LogP contribution in [0.2, 0.25) is 0 Å². The summed E-state index contributed by atoms with van der Waals surface area (Å²) < 4.78 is 6.55. The van der Waals surface area contributed by atoms with Gasteiger partial charge < -0.3 is 4.74 Å². The second kappa shape index (κ2) is 8.96. The summed E-state index contributed by atoms with van der Waals surface area (Å²) in [5.74, 6) is 0.164. The van der Waals surface area contributed by atoms with Gasteiger partial charge in [-0.3, -0.25) is 0 Å². The summed E-state index contributed by atoms with van der Waals surface area (Å²) in [6.45, 7) is 0.199. The Morgan fingerprint density at radius 1 is 0.867 bits per heavy atom. The molecule has 0 aliphatic rings. The summed E-state index contributed by atoms with van der Waals surface area (Å²) in [5.41, 5.74) is 4.47. The standard InChI is InChI=1S/C24H20N4O2/c1-30-24(29)22(16-18-8-4-2-5-9-18)17-28-23(25-26-27-28)21-14-12-20(13-15-21)19-10-6-3-7-11-19/h2-16H,17H2,1H3/b22-16+. The normalized spacial score (nSPS) is 11.3. The zero-order valence-corrected chi connectivity index (χ0v) is 16.5. The number of ether oxygens (including phenoxy) is 1. The van der Waals surface area contributed by atoms with Gasteiger partial charge in [-0.1, -0.05) is 84.9 Å². The van der Waals surface area contributed by atoms with E-state index in [0.29, 0.717) is 11.4 Å². The maximum absolute atomic E-state index is 12.3. The lowest BCUT2D eigenvalue weighted by molar-refractivity contribution is -0.136. The summed E-state index contributed by atoms with van der Waals surface area (Å²) >= 11 is 0. The summed E-state index contributed by atoms with van der Waals surface area (Å²) in [7, 11) is 1.37. The van der Waals surface area contributed by atoms with Crippen molar-refractivity contribution in [2.24, 2.45) is 0 Å². The van der Waals surface area contributed by atoms with E-state index in [1.54, 1.807) is 10.8 Å². The lowest BCUT2D eigenvalue weighted by atomic mass is 10.0. The van der Waals surface area contributed by atoms with Crippen molar-refractivity contribution in [3.05, 3.63) is 96.1 Å². The zero-order valence-electron chi connectivity index (χ0n) is 16.5. The van der Waals surface area contributed by atoms with Gasteiger partial charge in [-0.2, -0.15) is 0 Å². The van der Waals surface area contributed by atoms with Crippen LogP contribution in [0.1, 0.15) is 5.56 Å². The average molecular weight is 396 g/mol. The van der Waals surface area contributed by atoms with Crippen molar-refractivity contribution in [1.82, 2.24) is 20.2 Å². The molecule has 1 heterocycles. The number of aromatic nitrogens is 4. The van der Waals surface area contributed by atoms with Crippen molar-refractivity contribution in [1.29, 1.82) is 0 Å². The fraction of sp³-hybridized carbons (Fsp3) is 0.0833. The van der Waals surface area contributed by atoms with E-state index in [1.165, 1.54) is 7.11 Å². The SMILES string of the molecule is COC(=O)/C(=C/c1ccccc1)Cn1nnnc1-c1ccc(-c2ccccc2)cc1. The van der Waals surface area contributed by atoms with E-state index in [1.807, 2.05) is 72.8 Å². The van der Waals surface area contributed by atoms with Crippen LogP contribution in [0.15, 0.2) is 90.5 Å². The minimum absolute atomic E-state index is 0.199. The van der Waals surface area contributed by atoms with Crippen LogP contribution in [0.4, 0.5) is 0 Å². The average Bonchev–Trinajstić information content (AvgIpc) is 3.27. The number of benzene rings is 3. The molecule has 0 saturated carbocycles. The second-order valence-electron chi connectivity index (χ2n) is 6.68. The van der Waals surface area contributed by atoms with Gasteiger partial charge >= 0.3 is 5.97 Å². The highest BCUT2D eigenvalue weighted by molar-refractivity contribution is 5.93. The molecule has 0 N–H and O–H groups in total. The third-order valence-corrected chi connectivity index (χ3v) is 4.69. The van der Waals surface area contributed by atoms with Gasteiger partial charge in [0.05, 0.1) is 19.2 Å². The van der Waals surface area contributed by atoms with E-state index in [9.17, 15) is 4.79 Å². The minimum Gasteiger partial charge on any atom is -0.466 e. The Kier molecular flexibility index (Phi) is 5.75. The molecule has 148 valence electrons. The number of hydrogen-bond donors (Lipinski definition) is 0. The highest BCUT2D eigenvalue weighted by Crippen LogP contribution is 2.24. The van der Waals surface area contributed by atoms with Crippen molar-refractivity contribution in [3.63, 3.8) is 0 Å². The number of carbonyl (C=O) groups is 1. The first kappa shape index (κ1) is 19.3. The van der Waals surface area contributed by atoms with Gasteiger partial charge in [0.1, 0.15) is 0 Å². The Morgan fingerprint density at radius 3 is 2.13 bits per heavy atom. The maximum atomic E-state index is 12.3. The molecule has 0 fully saturated rings. The molecule has 4 aromatic rings. The lowest BCUT2D eigenvalue weighted by Crippen LogP contribution is -2.13. The lowest BCUT2D eigenvalue weighted by Gasteiger charge is -2.09. The first-order valence-electron chi connectivity index (χ1n) is 9.50. The Hall–Kier alpha value is -4.06. The van der Waals surface area contributed by atoms with Crippen LogP contribution in [-0.4, -0.2) is 33.3 Å². The van der Waals surface area contributed by atoms with Gasteiger partial charge in [0.15, 0.2) is 5.82 Å². The number of methoxy groups -OCH3 is 1.